The molecule has 9 heteroatoms. The lowest BCUT2D eigenvalue weighted by molar-refractivity contribution is -0.137. The van der Waals surface area contributed by atoms with Crippen molar-refractivity contribution in [2.45, 2.75) is 13.1 Å². The summed E-state index contributed by atoms with van der Waals surface area (Å²) in [7, 11) is 0. The van der Waals surface area contributed by atoms with Gasteiger partial charge >= 0.3 is 6.18 Å². The Kier molecular flexibility index (Phi) is 7.19. The monoisotopic (exact) mass is 506 g/mol. The first kappa shape index (κ1) is 23.3. The van der Waals surface area contributed by atoms with Gasteiger partial charge in [-0.1, -0.05) is 18.2 Å². The zero-order valence-corrected chi connectivity index (χ0v) is 18.4. The molecule has 0 radical (unpaired) electrons. The van der Waals surface area contributed by atoms with Crippen molar-refractivity contribution in [1.29, 1.82) is 0 Å². The van der Waals surface area contributed by atoms with Crippen molar-refractivity contribution in [2.75, 3.05) is 17.2 Å². The molecule has 3 aromatic carbocycles. The van der Waals surface area contributed by atoms with E-state index in [0.717, 1.165) is 22.2 Å². The van der Waals surface area contributed by atoms with E-state index >= 15 is 0 Å². The van der Waals surface area contributed by atoms with Gasteiger partial charge in [-0.15, -0.1) is 0 Å². The number of benzene rings is 3. The van der Waals surface area contributed by atoms with E-state index in [1.54, 1.807) is 18.2 Å². The molecule has 0 bridgehead atoms. The van der Waals surface area contributed by atoms with E-state index in [1.165, 1.54) is 24.3 Å². The number of carbonyl (C=O) groups excluding carboxylic acids is 2. The van der Waals surface area contributed by atoms with E-state index in [2.05, 4.69) is 26.6 Å². The predicted molar refractivity (Wildman–Crippen MR) is 119 cm³/mol. The van der Waals surface area contributed by atoms with Crippen molar-refractivity contribution in [3.05, 3.63) is 87.9 Å². The Hall–Kier alpha value is -3.33. The van der Waals surface area contributed by atoms with Gasteiger partial charge in [-0.25, -0.2) is 0 Å². The second-order valence-electron chi connectivity index (χ2n) is 6.88. The van der Waals surface area contributed by atoms with Gasteiger partial charge in [0.2, 0.25) is 0 Å². The number of carbonyl (C=O) groups is 2. The molecule has 3 rings (SSSR count). The molecule has 0 heterocycles. The summed E-state index contributed by atoms with van der Waals surface area (Å²) in [6, 6.07) is 15.8. The van der Waals surface area contributed by atoms with Crippen LogP contribution in [-0.4, -0.2) is 18.4 Å². The molecule has 2 N–H and O–H groups in total. The summed E-state index contributed by atoms with van der Waals surface area (Å²) in [6.07, 6.45) is -4.51. The topological polar surface area (TPSA) is 67.4 Å². The fourth-order valence-electron chi connectivity index (χ4n) is 2.78. The maximum atomic E-state index is 12.8. The lowest BCUT2D eigenvalue weighted by Crippen LogP contribution is -2.20. The van der Waals surface area contributed by atoms with Crippen molar-refractivity contribution in [3.63, 3.8) is 0 Å². The minimum atomic E-state index is -4.51. The van der Waals surface area contributed by atoms with E-state index in [9.17, 15) is 22.8 Å². The average Bonchev–Trinajstić information content (AvgIpc) is 2.73. The van der Waals surface area contributed by atoms with Crippen molar-refractivity contribution in [1.82, 2.24) is 0 Å². The number of hydrogen-bond donors (Lipinski definition) is 2. The van der Waals surface area contributed by atoms with Crippen molar-refractivity contribution in [2.24, 2.45) is 0 Å². The first-order chi connectivity index (χ1) is 15.1. The van der Waals surface area contributed by atoms with E-state index in [0.29, 0.717) is 11.4 Å². The summed E-state index contributed by atoms with van der Waals surface area (Å²) in [5, 5.41) is 5.05. The largest absolute Gasteiger partial charge is 0.483 e. The Balaban J connectivity index is 1.62. The molecule has 3 aromatic rings. The number of amides is 2. The fourth-order valence-corrected chi connectivity index (χ4v) is 3.39. The number of aryl methyl sites for hydroxylation is 1. The van der Waals surface area contributed by atoms with Crippen LogP contribution in [-0.2, 0) is 11.0 Å². The van der Waals surface area contributed by atoms with Crippen molar-refractivity contribution in [3.8, 4) is 5.75 Å². The van der Waals surface area contributed by atoms with E-state index < -0.39 is 23.6 Å². The van der Waals surface area contributed by atoms with Crippen LogP contribution in [0.1, 0.15) is 21.5 Å². The molecule has 0 atom stereocenters. The lowest BCUT2D eigenvalue weighted by atomic mass is 10.1. The number of nitrogens with one attached hydrogen (secondary N) is 2. The van der Waals surface area contributed by atoms with Gasteiger partial charge in [0, 0.05) is 16.9 Å². The summed E-state index contributed by atoms with van der Waals surface area (Å²) in [6.45, 7) is 1.68. The Morgan fingerprint density at radius 3 is 2.31 bits per heavy atom. The highest BCUT2D eigenvalue weighted by atomic mass is 79.9. The Bertz CT molecular complexity index is 1150. The molecule has 32 heavy (non-hydrogen) atoms. The zero-order valence-electron chi connectivity index (χ0n) is 16.8. The van der Waals surface area contributed by atoms with Gasteiger partial charge in [0.1, 0.15) is 5.75 Å². The molecule has 0 saturated heterocycles. The lowest BCUT2D eigenvalue weighted by Gasteiger charge is -2.11. The molecule has 166 valence electrons. The Morgan fingerprint density at radius 2 is 1.62 bits per heavy atom. The SMILES string of the molecule is Cc1ccc(OCC(=O)Nc2cccc(C(=O)Nc3cccc(C(F)(F)F)c3)c2)c(Br)c1. The second-order valence-corrected chi connectivity index (χ2v) is 7.74. The maximum absolute atomic E-state index is 12.8. The predicted octanol–water partition coefficient (Wildman–Crippen LogP) is 6.05. The summed E-state index contributed by atoms with van der Waals surface area (Å²) < 4.78 is 44.8. The van der Waals surface area contributed by atoms with Crippen molar-refractivity contribution >= 4 is 39.1 Å². The summed E-state index contributed by atoms with van der Waals surface area (Å²) in [5.41, 5.74) is 0.697. The van der Waals surface area contributed by atoms with Crippen LogP contribution in [0.5, 0.6) is 5.75 Å². The van der Waals surface area contributed by atoms with Crippen LogP contribution in [0.15, 0.2) is 71.2 Å². The normalized spacial score (nSPS) is 11.0. The van der Waals surface area contributed by atoms with Crippen LogP contribution in [0.2, 0.25) is 0 Å². The van der Waals surface area contributed by atoms with Gasteiger partial charge in [-0.2, -0.15) is 13.2 Å². The number of hydrogen-bond acceptors (Lipinski definition) is 3. The van der Waals surface area contributed by atoms with Crippen LogP contribution in [0, 0.1) is 6.92 Å². The molecular formula is C23H18BrF3N2O3. The van der Waals surface area contributed by atoms with Gasteiger partial charge in [0.15, 0.2) is 6.61 Å². The van der Waals surface area contributed by atoms with Crippen LogP contribution in [0.4, 0.5) is 24.5 Å². The van der Waals surface area contributed by atoms with Gasteiger partial charge in [0.25, 0.3) is 11.8 Å². The Morgan fingerprint density at radius 1 is 0.938 bits per heavy atom. The van der Waals surface area contributed by atoms with E-state index in [-0.39, 0.29) is 17.9 Å². The van der Waals surface area contributed by atoms with Gasteiger partial charge in [-0.3, -0.25) is 9.59 Å². The molecule has 0 aromatic heterocycles. The minimum Gasteiger partial charge on any atom is -0.483 e. The standard InChI is InChI=1S/C23H18BrF3N2O3/c1-14-8-9-20(19(24)10-14)32-13-21(30)28-17-6-2-4-15(11-17)22(31)29-18-7-3-5-16(12-18)23(25,26)27/h2-12H,13H2,1H3,(H,28,30)(H,29,31). The van der Waals surface area contributed by atoms with Crippen LogP contribution >= 0.6 is 15.9 Å². The highest BCUT2D eigenvalue weighted by Gasteiger charge is 2.30. The third kappa shape index (κ3) is 6.34. The summed E-state index contributed by atoms with van der Waals surface area (Å²) in [4.78, 5) is 24.7. The minimum absolute atomic E-state index is 0.0105. The number of alkyl halides is 3. The van der Waals surface area contributed by atoms with Crippen LogP contribution in [0.25, 0.3) is 0 Å². The molecule has 2 amide bonds. The zero-order chi connectivity index (χ0) is 23.3. The summed E-state index contributed by atoms with van der Waals surface area (Å²) in [5.74, 6) is -0.534. The molecular weight excluding hydrogens is 489 g/mol. The molecule has 0 aliphatic heterocycles. The first-order valence-electron chi connectivity index (χ1n) is 9.39. The average molecular weight is 507 g/mol. The third-order valence-corrected chi connectivity index (χ3v) is 4.92. The van der Waals surface area contributed by atoms with Crippen molar-refractivity contribution < 1.29 is 27.5 Å². The smallest absolute Gasteiger partial charge is 0.416 e. The van der Waals surface area contributed by atoms with E-state index in [4.69, 9.17) is 4.74 Å². The first-order valence-corrected chi connectivity index (χ1v) is 10.2. The van der Waals surface area contributed by atoms with Gasteiger partial charge in [0.05, 0.1) is 10.0 Å². The molecule has 5 nitrogen and oxygen atoms in total. The van der Waals surface area contributed by atoms with Crippen LogP contribution in [0.3, 0.4) is 0 Å². The van der Waals surface area contributed by atoms with Crippen LogP contribution < -0.4 is 15.4 Å². The molecule has 0 unspecified atom stereocenters. The van der Waals surface area contributed by atoms with E-state index in [1.807, 2.05) is 19.1 Å². The number of rotatable bonds is 6. The summed E-state index contributed by atoms with van der Waals surface area (Å²) >= 11 is 3.37. The molecule has 0 spiro atoms. The fraction of sp³-hybridized carbons (Fsp3) is 0.130. The highest BCUT2D eigenvalue weighted by Crippen LogP contribution is 2.31. The maximum Gasteiger partial charge on any atom is 0.416 e. The molecule has 0 aliphatic rings. The van der Waals surface area contributed by atoms with Gasteiger partial charge in [-0.05, 0) is 76.9 Å². The second kappa shape index (κ2) is 9.86. The molecule has 0 fully saturated rings. The molecule has 0 saturated carbocycles. The number of anilines is 2. The number of ether oxygens (including phenoxy) is 1. The highest BCUT2D eigenvalue weighted by molar-refractivity contribution is 9.10. The Labute approximate surface area is 190 Å². The quantitative estimate of drug-likeness (QED) is 0.427. The third-order valence-electron chi connectivity index (χ3n) is 4.30. The number of halogens is 4. The molecule has 0 aliphatic carbocycles. The van der Waals surface area contributed by atoms with Gasteiger partial charge < -0.3 is 15.4 Å².